The van der Waals surface area contributed by atoms with E-state index in [4.69, 9.17) is 0 Å². The molecule has 0 aromatic carbocycles. The van der Waals surface area contributed by atoms with Crippen LogP contribution in [0.2, 0.25) is 0 Å². The highest BCUT2D eigenvalue weighted by molar-refractivity contribution is 7.99. The second-order valence-corrected chi connectivity index (χ2v) is 5.92. The van der Waals surface area contributed by atoms with Crippen molar-refractivity contribution in [3.63, 3.8) is 0 Å². The molecule has 0 bridgehead atoms. The zero-order chi connectivity index (χ0) is 11.9. The summed E-state index contributed by atoms with van der Waals surface area (Å²) in [6, 6.07) is 0.0283. The van der Waals surface area contributed by atoms with Crippen LogP contribution in [0.25, 0.3) is 0 Å². The van der Waals surface area contributed by atoms with Crippen LogP contribution < -0.4 is 10.6 Å². The molecule has 2 heterocycles. The normalized spacial score (nSPS) is 26.0. The van der Waals surface area contributed by atoms with Crippen molar-refractivity contribution >= 4 is 17.7 Å². The first-order valence-electron chi connectivity index (χ1n) is 6.67. The maximum atomic E-state index is 11.8. The lowest BCUT2D eigenvalue weighted by Crippen LogP contribution is -2.49. The Balaban J connectivity index is 1.53. The molecule has 0 saturated carbocycles. The zero-order valence-electron chi connectivity index (χ0n) is 10.4. The van der Waals surface area contributed by atoms with Gasteiger partial charge >= 0.3 is 0 Å². The highest BCUT2D eigenvalue weighted by Crippen LogP contribution is 2.08. The summed E-state index contributed by atoms with van der Waals surface area (Å²) < 4.78 is 0. The fraction of sp³-hybridized carbons (Fsp3) is 0.917. The molecule has 2 aliphatic heterocycles. The smallest absolute Gasteiger partial charge is 0.237 e. The Bertz CT molecular complexity index is 238. The second kappa shape index (κ2) is 7.24. The predicted molar refractivity (Wildman–Crippen MR) is 72.4 cm³/mol. The van der Waals surface area contributed by atoms with Crippen molar-refractivity contribution in [3.8, 4) is 0 Å². The molecule has 98 valence electrons. The molecule has 0 aromatic heterocycles. The molecule has 1 amide bonds. The highest BCUT2D eigenvalue weighted by atomic mass is 32.2. The minimum Gasteiger partial charge on any atom is -0.355 e. The van der Waals surface area contributed by atoms with E-state index in [1.54, 1.807) is 0 Å². The third-order valence-corrected chi connectivity index (χ3v) is 4.45. The van der Waals surface area contributed by atoms with Gasteiger partial charge in [-0.2, -0.15) is 11.8 Å². The monoisotopic (exact) mass is 257 g/mol. The second-order valence-electron chi connectivity index (χ2n) is 4.77. The van der Waals surface area contributed by atoms with E-state index in [1.807, 2.05) is 11.8 Å². The third-order valence-electron chi connectivity index (χ3n) is 3.39. The van der Waals surface area contributed by atoms with Crippen molar-refractivity contribution in [2.24, 2.45) is 0 Å². The minimum atomic E-state index is 0.0283. The molecule has 17 heavy (non-hydrogen) atoms. The molecule has 0 aromatic rings. The van der Waals surface area contributed by atoms with Gasteiger partial charge in [-0.1, -0.05) is 0 Å². The Morgan fingerprint density at radius 3 is 2.94 bits per heavy atom. The summed E-state index contributed by atoms with van der Waals surface area (Å²) in [6.45, 7) is 5.39. The predicted octanol–water partition coefficient (Wildman–Crippen LogP) is 0.294. The van der Waals surface area contributed by atoms with Crippen LogP contribution in [-0.4, -0.2) is 61.1 Å². The molecule has 2 N–H and O–H groups in total. The number of hydrogen-bond acceptors (Lipinski definition) is 4. The fourth-order valence-corrected chi connectivity index (χ4v) is 3.31. The van der Waals surface area contributed by atoms with E-state index in [-0.39, 0.29) is 11.9 Å². The van der Waals surface area contributed by atoms with Gasteiger partial charge in [0.25, 0.3) is 0 Å². The fourth-order valence-electron chi connectivity index (χ4n) is 2.38. The van der Waals surface area contributed by atoms with E-state index in [0.29, 0.717) is 0 Å². The van der Waals surface area contributed by atoms with Crippen LogP contribution in [0, 0.1) is 0 Å². The molecular weight excluding hydrogens is 234 g/mol. The molecule has 4 nitrogen and oxygen atoms in total. The molecule has 2 aliphatic rings. The van der Waals surface area contributed by atoms with E-state index < -0.39 is 0 Å². The van der Waals surface area contributed by atoms with E-state index >= 15 is 0 Å². The lowest BCUT2D eigenvalue weighted by atomic mass is 10.3. The quantitative estimate of drug-likeness (QED) is 0.695. The molecular formula is C12H23N3OS. The summed E-state index contributed by atoms with van der Waals surface area (Å²) in [5.74, 6) is 2.22. The molecule has 0 radical (unpaired) electrons. The van der Waals surface area contributed by atoms with E-state index in [0.717, 1.165) is 37.6 Å². The summed E-state index contributed by atoms with van der Waals surface area (Å²) in [6.07, 6.45) is 3.76. The first-order chi connectivity index (χ1) is 8.36. The summed E-state index contributed by atoms with van der Waals surface area (Å²) in [7, 11) is 0. The number of likely N-dealkylation sites (tertiary alicyclic amines) is 1. The number of amides is 1. The highest BCUT2D eigenvalue weighted by Gasteiger charge is 2.20. The number of nitrogens with one attached hydrogen (secondary N) is 2. The largest absolute Gasteiger partial charge is 0.355 e. The molecule has 1 atom stereocenters. The Hall–Kier alpha value is -0.260. The van der Waals surface area contributed by atoms with Crippen molar-refractivity contribution < 1.29 is 4.79 Å². The lowest BCUT2D eigenvalue weighted by molar-refractivity contribution is -0.122. The summed E-state index contributed by atoms with van der Waals surface area (Å²) in [4.78, 5) is 14.3. The maximum Gasteiger partial charge on any atom is 0.237 e. The number of thioether (sulfide) groups is 1. The van der Waals surface area contributed by atoms with E-state index in [1.165, 1.54) is 25.9 Å². The molecule has 1 unspecified atom stereocenters. The van der Waals surface area contributed by atoms with E-state index in [2.05, 4.69) is 15.5 Å². The first kappa shape index (κ1) is 13.2. The summed E-state index contributed by atoms with van der Waals surface area (Å²) >= 11 is 1.86. The van der Waals surface area contributed by atoms with Gasteiger partial charge in [0.15, 0.2) is 0 Å². The van der Waals surface area contributed by atoms with Crippen LogP contribution in [0.15, 0.2) is 0 Å². The van der Waals surface area contributed by atoms with Crippen molar-refractivity contribution in [3.05, 3.63) is 0 Å². The van der Waals surface area contributed by atoms with Gasteiger partial charge in [-0.25, -0.2) is 0 Å². The topological polar surface area (TPSA) is 44.4 Å². The molecule has 5 heteroatoms. The van der Waals surface area contributed by atoms with Gasteiger partial charge in [-0.05, 0) is 38.9 Å². The Kier molecular flexibility index (Phi) is 5.61. The minimum absolute atomic E-state index is 0.0283. The van der Waals surface area contributed by atoms with Crippen LogP contribution in [0.4, 0.5) is 0 Å². The summed E-state index contributed by atoms with van der Waals surface area (Å²) in [5, 5.41) is 6.29. The van der Waals surface area contributed by atoms with Crippen LogP contribution in [0.3, 0.4) is 0 Å². The van der Waals surface area contributed by atoms with Crippen molar-refractivity contribution in [2.45, 2.75) is 25.3 Å². The van der Waals surface area contributed by atoms with Gasteiger partial charge in [0.05, 0.1) is 6.04 Å². The van der Waals surface area contributed by atoms with Gasteiger partial charge in [-0.15, -0.1) is 0 Å². The third kappa shape index (κ3) is 4.48. The van der Waals surface area contributed by atoms with Crippen molar-refractivity contribution in [1.82, 2.24) is 15.5 Å². The average molecular weight is 257 g/mol. The van der Waals surface area contributed by atoms with Gasteiger partial charge in [0.2, 0.25) is 5.91 Å². The zero-order valence-corrected chi connectivity index (χ0v) is 11.2. The number of hydrogen-bond donors (Lipinski definition) is 2. The van der Waals surface area contributed by atoms with Crippen molar-refractivity contribution in [2.75, 3.05) is 44.2 Å². The Morgan fingerprint density at radius 2 is 2.24 bits per heavy atom. The van der Waals surface area contributed by atoms with Gasteiger partial charge in [-0.3, -0.25) is 4.79 Å². The van der Waals surface area contributed by atoms with Crippen molar-refractivity contribution in [1.29, 1.82) is 0 Å². The molecule has 2 saturated heterocycles. The SMILES string of the molecule is O=C(NCCCN1CCCC1)C1CSCCN1. The number of carbonyl (C=O) groups excluding carboxylic acids is 1. The Labute approximate surface area is 108 Å². The van der Waals surface area contributed by atoms with Gasteiger partial charge in [0, 0.05) is 24.6 Å². The van der Waals surface area contributed by atoms with Crippen LogP contribution >= 0.6 is 11.8 Å². The first-order valence-corrected chi connectivity index (χ1v) is 7.83. The number of carbonyl (C=O) groups is 1. The molecule has 0 spiro atoms. The van der Waals surface area contributed by atoms with Crippen LogP contribution in [0.1, 0.15) is 19.3 Å². The number of nitrogens with zero attached hydrogens (tertiary/aromatic N) is 1. The van der Waals surface area contributed by atoms with Gasteiger partial charge < -0.3 is 15.5 Å². The van der Waals surface area contributed by atoms with Crippen LogP contribution in [0.5, 0.6) is 0 Å². The average Bonchev–Trinajstić information content (AvgIpc) is 2.88. The molecule has 0 aliphatic carbocycles. The molecule has 2 rings (SSSR count). The standard InChI is InChI=1S/C12H23N3OS/c16-12(11-10-17-9-5-13-11)14-4-3-8-15-6-1-2-7-15/h11,13H,1-10H2,(H,14,16). The Morgan fingerprint density at radius 1 is 1.41 bits per heavy atom. The molecule has 2 fully saturated rings. The van der Waals surface area contributed by atoms with Crippen LogP contribution in [-0.2, 0) is 4.79 Å². The number of rotatable bonds is 5. The lowest BCUT2D eigenvalue weighted by Gasteiger charge is -2.22. The van der Waals surface area contributed by atoms with Gasteiger partial charge in [0.1, 0.15) is 0 Å². The van der Waals surface area contributed by atoms with E-state index in [9.17, 15) is 4.79 Å². The maximum absolute atomic E-state index is 11.8. The summed E-state index contributed by atoms with van der Waals surface area (Å²) in [5.41, 5.74) is 0.